The monoisotopic (exact) mass is 279 g/mol. The van der Waals surface area contributed by atoms with Crippen molar-refractivity contribution in [3.05, 3.63) is 53.6 Å². The van der Waals surface area contributed by atoms with E-state index in [1.807, 2.05) is 6.20 Å². The van der Waals surface area contributed by atoms with Crippen molar-refractivity contribution in [1.29, 1.82) is 0 Å². The summed E-state index contributed by atoms with van der Waals surface area (Å²) in [5, 5.41) is 3.29. The third-order valence-electron chi connectivity index (χ3n) is 3.07. The van der Waals surface area contributed by atoms with Gasteiger partial charge in [0.15, 0.2) is 0 Å². The highest BCUT2D eigenvalue weighted by Crippen LogP contribution is 2.13. The van der Waals surface area contributed by atoms with Crippen LogP contribution in [-0.2, 0) is 13.0 Å². The van der Waals surface area contributed by atoms with Crippen LogP contribution in [0.3, 0.4) is 0 Å². The Balaban J connectivity index is 1.96. The summed E-state index contributed by atoms with van der Waals surface area (Å²) in [5.41, 5.74) is 0.992. The Morgan fingerprint density at radius 3 is 2.65 bits per heavy atom. The van der Waals surface area contributed by atoms with Crippen LogP contribution < -0.4 is 5.32 Å². The number of rotatable bonds is 7. The van der Waals surface area contributed by atoms with Gasteiger partial charge in [-0.15, -0.1) is 0 Å². The Hall–Kier alpha value is -1.75. The van der Waals surface area contributed by atoms with E-state index in [9.17, 15) is 8.78 Å². The predicted molar refractivity (Wildman–Crippen MR) is 74.6 cm³/mol. The molecule has 0 aliphatic rings. The second-order valence-corrected chi connectivity index (χ2v) is 4.74. The molecule has 0 spiro atoms. The van der Waals surface area contributed by atoms with Crippen molar-refractivity contribution in [2.45, 2.75) is 26.3 Å². The largest absolute Gasteiger partial charge is 0.333 e. The normalized spacial score (nSPS) is 10.9. The van der Waals surface area contributed by atoms with Crippen LogP contribution in [0.15, 0.2) is 30.7 Å². The van der Waals surface area contributed by atoms with E-state index in [0.717, 1.165) is 31.6 Å². The Bertz CT molecular complexity index is 532. The van der Waals surface area contributed by atoms with E-state index in [1.54, 1.807) is 10.9 Å². The first-order valence-electron chi connectivity index (χ1n) is 6.85. The van der Waals surface area contributed by atoms with Gasteiger partial charge in [-0.25, -0.2) is 13.8 Å². The maximum atomic E-state index is 13.5. The third kappa shape index (κ3) is 3.87. The smallest absolute Gasteiger partial charge is 0.131 e. The molecule has 0 saturated heterocycles. The molecule has 1 N–H and O–H groups in total. The molecular formula is C15H19F2N3. The summed E-state index contributed by atoms with van der Waals surface area (Å²) in [5.74, 6) is -1.05. The Morgan fingerprint density at radius 1 is 1.20 bits per heavy atom. The minimum Gasteiger partial charge on any atom is -0.333 e. The van der Waals surface area contributed by atoms with E-state index in [4.69, 9.17) is 0 Å². The lowest BCUT2D eigenvalue weighted by atomic mass is 10.2. The van der Waals surface area contributed by atoms with Crippen molar-refractivity contribution in [1.82, 2.24) is 14.9 Å². The second kappa shape index (κ2) is 7.14. The summed E-state index contributed by atoms with van der Waals surface area (Å²) in [6.07, 6.45) is 5.36. The van der Waals surface area contributed by atoms with Crippen LogP contribution in [0.4, 0.5) is 8.78 Å². The number of halogens is 2. The van der Waals surface area contributed by atoms with Gasteiger partial charge in [0.1, 0.15) is 11.6 Å². The van der Waals surface area contributed by atoms with Gasteiger partial charge in [0.05, 0.1) is 18.6 Å². The summed E-state index contributed by atoms with van der Waals surface area (Å²) >= 11 is 0. The number of aromatic nitrogens is 2. The van der Waals surface area contributed by atoms with Gasteiger partial charge in [-0.3, -0.25) is 0 Å². The molecule has 2 rings (SSSR count). The van der Waals surface area contributed by atoms with Gasteiger partial charge in [-0.05, 0) is 25.1 Å². The lowest BCUT2D eigenvalue weighted by Crippen LogP contribution is -2.17. The topological polar surface area (TPSA) is 29.9 Å². The van der Waals surface area contributed by atoms with Gasteiger partial charge in [0.2, 0.25) is 0 Å². The fourth-order valence-electron chi connectivity index (χ4n) is 2.01. The van der Waals surface area contributed by atoms with E-state index in [1.165, 1.54) is 18.2 Å². The average molecular weight is 279 g/mol. The van der Waals surface area contributed by atoms with Crippen LogP contribution in [0.1, 0.15) is 24.6 Å². The summed E-state index contributed by atoms with van der Waals surface area (Å²) in [4.78, 5) is 4.25. The maximum Gasteiger partial charge on any atom is 0.131 e. The van der Waals surface area contributed by atoms with Crippen molar-refractivity contribution in [3.63, 3.8) is 0 Å². The summed E-state index contributed by atoms with van der Waals surface area (Å²) < 4.78 is 28.8. The summed E-state index contributed by atoms with van der Waals surface area (Å²) in [6.45, 7) is 4.12. The summed E-state index contributed by atoms with van der Waals surface area (Å²) in [6, 6.07) is 3.91. The van der Waals surface area contributed by atoms with Crippen molar-refractivity contribution >= 4 is 0 Å². The highest BCUT2D eigenvalue weighted by atomic mass is 19.1. The fourth-order valence-corrected chi connectivity index (χ4v) is 2.01. The molecule has 1 aromatic carbocycles. The molecule has 20 heavy (non-hydrogen) atoms. The molecule has 5 heteroatoms. The van der Waals surface area contributed by atoms with E-state index in [0.29, 0.717) is 0 Å². The number of nitrogens with zero attached hydrogens (tertiary/aromatic N) is 2. The number of imidazole rings is 1. The minimum atomic E-state index is -0.523. The first-order chi connectivity index (χ1) is 9.70. The van der Waals surface area contributed by atoms with Gasteiger partial charge >= 0.3 is 0 Å². The quantitative estimate of drug-likeness (QED) is 0.790. The van der Waals surface area contributed by atoms with Gasteiger partial charge in [-0.1, -0.05) is 13.0 Å². The predicted octanol–water partition coefficient (Wildman–Crippen LogP) is 2.75. The molecule has 2 aromatic rings. The third-order valence-corrected chi connectivity index (χ3v) is 3.07. The molecule has 0 radical (unpaired) electrons. The van der Waals surface area contributed by atoms with Crippen molar-refractivity contribution < 1.29 is 8.78 Å². The molecule has 0 aliphatic carbocycles. The van der Waals surface area contributed by atoms with Crippen LogP contribution in [0.2, 0.25) is 0 Å². The van der Waals surface area contributed by atoms with Gasteiger partial charge < -0.3 is 9.88 Å². The zero-order valence-electron chi connectivity index (χ0n) is 11.6. The average Bonchev–Trinajstić information content (AvgIpc) is 2.87. The minimum absolute atomic E-state index is 0.0700. The Kier molecular flexibility index (Phi) is 5.24. The first-order valence-corrected chi connectivity index (χ1v) is 6.85. The van der Waals surface area contributed by atoms with E-state index in [-0.39, 0.29) is 12.1 Å². The lowest BCUT2D eigenvalue weighted by Gasteiger charge is -2.05. The highest BCUT2D eigenvalue weighted by Gasteiger charge is 2.09. The zero-order chi connectivity index (χ0) is 14.4. The second-order valence-electron chi connectivity index (χ2n) is 4.74. The van der Waals surface area contributed by atoms with Crippen LogP contribution in [0.25, 0.3) is 0 Å². The van der Waals surface area contributed by atoms with Crippen LogP contribution in [-0.4, -0.2) is 22.6 Å². The lowest BCUT2D eigenvalue weighted by molar-refractivity contribution is 0.544. The molecule has 1 heterocycles. The van der Waals surface area contributed by atoms with Gasteiger partial charge in [0, 0.05) is 24.7 Å². The number of nitrogens with one attached hydrogen (secondary N) is 1. The van der Waals surface area contributed by atoms with Crippen molar-refractivity contribution in [2.24, 2.45) is 0 Å². The first kappa shape index (κ1) is 14.7. The van der Waals surface area contributed by atoms with E-state index < -0.39 is 11.6 Å². The summed E-state index contributed by atoms with van der Waals surface area (Å²) in [7, 11) is 0. The molecule has 0 atom stereocenters. The van der Waals surface area contributed by atoms with E-state index in [2.05, 4.69) is 17.2 Å². The molecule has 108 valence electrons. The number of benzene rings is 1. The van der Waals surface area contributed by atoms with Gasteiger partial charge in [-0.2, -0.15) is 0 Å². The molecule has 0 fully saturated rings. The number of hydrogen-bond donors (Lipinski definition) is 1. The Morgan fingerprint density at radius 2 is 1.95 bits per heavy atom. The molecular weight excluding hydrogens is 260 g/mol. The van der Waals surface area contributed by atoms with Crippen LogP contribution >= 0.6 is 0 Å². The zero-order valence-corrected chi connectivity index (χ0v) is 11.6. The SMILES string of the molecule is CCCNCCc1cn(Cc2c(F)cccc2F)cn1. The molecule has 0 saturated carbocycles. The van der Waals surface area contributed by atoms with E-state index >= 15 is 0 Å². The Labute approximate surface area is 117 Å². The highest BCUT2D eigenvalue weighted by molar-refractivity contribution is 5.20. The molecule has 0 unspecified atom stereocenters. The number of hydrogen-bond acceptors (Lipinski definition) is 2. The van der Waals surface area contributed by atoms with Crippen LogP contribution in [0, 0.1) is 11.6 Å². The van der Waals surface area contributed by atoms with Crippen molar-refractivity contribution in [3.8, 4) is 0 Å². The molecule has 0 aliphatic heterocycles. The molecule has 0 amide bonds. The molecule has 3 nitrogen and oxygen atoms in total. The van der Waals surface area contributed by atoms with Crippen molar-refractivity contribution in [2.75, 3.05) is 13.1 Å². The van der Waals surface area contributed by atoms with Crippen LogP contribution in [0.5, 0.6) is 0 Å². The maximum absolute atomic E-state index is 13.5. The fraction of sp³-hybridized carbons (Fsp3) is 0.400. The van der Waals surface area contributed by atoms with Gasteiger partial charge in [0.25, 0.3) is 0 Å². The molecule has 0 bridgehead atoms. The standard InChI is InChI=1S/C15H19F2N3/c1-2-7-18-8-6-12-9-20(11-19-12)10-13-14(16)4-3-5-15(13)17/h3-5,9,11,18H,2,6-8,10H2,1H3. The molecule has 1 aromatic heterocycles.